The Morgan fingerprint density at radius 2 is 1.70 bits per heavy atom. The van der Waals surface area contributed by atoms with Crippen LogP contribution in [0.15, 0.2) is 48.5 Å². The highest BCUT2D eigenvalue weighted by Gasteiger charge is 2.46. The summed E-state index contributed by atoms with van der Waals surface area (Å²) in [6, 6.07) is 14.3. The highest BCUT2D eigenvalue weighted by Crippen LogP contribution is 2.33. The Bertz CT molecular complexity index is 766. The topological polar surface area (TPSA) is 75.2 Å². The molecule has 3 rings (SSSR count). The van der Waals surface area contributed by atoms with Crippen LogP contribution in [0.2, 0.25) is 0 Å². The molecule has 0 atom stereocenters. The van der Waals surface area contributed by atoms with Crippen molar-refractivity contribution in [3.05, 3.63) is 59.7 Å². The zero-order chi connectivity index (χ0) is 16.6. The number of benzene rings is 2. The Kier molecular flexibility index (Phi) is 3.56. The van der Waals surface area contributed by atoms with Gasteiger partial charge in [0.1, 0.15) is 0 Å². The molecule has 3 N–H and O–H groups in total. The third-order valence-electron chi connectivity index (χ3n) is 3.99. The monoisotopic (exact) mass is 309 g/mol. The number of rotatable bonds is 4. The van der Waals surface area contributed by atoms with Gasteiger partial charge in [0.2, 0.25) is 5.91 Å². The minimum atomic E-state index is -0.453. The molecular formula is C18H19N3O2. The van der Waals surface area contributed by atoms with E-state index >= 15 is 0 Å². The van der Waals surface area contributed by atoms with Crippen LogP contribution in [0.25, 0.3) is 0 Å². The SMILES string of the molecule is CC1(C)CN1C(=O)c1cccc(Nc2ccc(C(N)=O)cc2)c1. The summed E-state index contributed by atoms with van der Waals surface area (Å²) in [5.74, 6) is -0.409. The van der Waals surface area contributed by atoms with Crippen molar-refractivity contribution >= 4 is 23.2 Å². The second kappa shape index (κ2) is 5.43. The Morgan fingerprint density at radius 3 is 2.26 bits per heavy atom. The summed E-state index contributed by atoms with van der Waals surface area (Å²) in [4.78, 5) is 25.3. The zero-order valence-electron chi connectivity index (χ0n) is 13.2. The summed E-state index contributed by atoms with van der Waals surface area (Å²) in [6.07, 6.45) is 0. The van der Waals surface area contributed by atoms with E-state index in [0.29, 0.717) is 11.1 Å². The highest BCUT2D eigenvalue weighted by molar-refractivity contribution is 5.97. The number of carbonyl (C=O) groups is 2. The molecule has 118 valence electrons. The van der Waals surface area contributed by atoms with Gasteiger partial charge in [-0.05, 0) is 56.3 Å². The first-order chi connectivity index (χ1) is 10.9. The third-order valence-corrected chi connectivity index (χ3v) is 3.99. The van der Waals surface area contributed by atoms with Crippen molar-refractivity contribution in [3.63, 3.8) is 0 Å². The van der Waals surface area contributed by atoms with Gasteiger partial charge in [-0.2, -0.15) is 0 Å². The van der Waals surface area contributed by atoms with E-state index in [9.17, 15) is 9.59 Å². The molecule has 2 amide bonds. The van der Waals surface area contributed by atoms with Gasteiger partial charge in [0.05, 0.1) is 5.54 Å². The molecule has 0 aromatic heterocycles. The maximum absolute atomic E-state index is 12.4. The van der Waals surface area contributed by atoms with Crippen LogP contribution in [0.4, 0.5) is 11.4 Å². The smallest absolute Gasteiger partial charge is 0.254 e. The average Bonchev–Trinajstić information content (AvgIpc) is 3.16. The predicted molar refractivity (Wildman–Crippen MR) is 89.8 cm³/mol. The maximum atomic E-state index is 12.4. The van der Waals surface area contributed by atoms with Gasteiger partial charge >= 0.3 is 0 Å². The lowest BCUT2D eigenvalue weighted by Crippen LogP contribution is -2.18. The molecule has 23 heavy (non-hydrogen) atoms. The molecular weight excluding hydrogens is 290 g/mol. The van der Waals surface area contributed by atoms with Crippen LogP contribution in [0.3, 0.4) is 0 Å². The molecule has 0 saturated carbocycles. The van der Waals surface area contributed by atoms with E-state index in [0.717, 1.165) is 17.9 Å². The molecule has 0 bridgehead atoms. The number of primary amides is 1. The van der Waals surface area contributed by atoms with Gasteiger partial charge in [0, 0.05) is 29.0 Å². The van der Waals surface area contributed by atoms with Gasteiger partial charge in [-0.3, -0.25) is 9.59 Å². The van der Waals surface area contributed by atoms with E-state index in [1.54, 1.807) is 24.3 Å². The molecule has 0 aliphatic carbocycles. The van der Waals surface area contributed by atoms with Crippen LogP contribution in [-0.4, -0.2) is 28.8 Å². The number of carbonyl (C=O) groups excluding carboxylic acids is 2. The summed E-state index contributed by atoms with van der Waals surface area (Å²) in [5.41, 5.74) is 7.96. The Labute approximate surface area is 135 Å². The van der Waals surface area contributed by atoms with Crippen LogP contribution in [0.1, 0.15) is 34.6 Å². The van der Waals surface area contributed by atoms with E-state index in [4.69, 9.17) is 5.73 Å². The standard InChI is InChI=1S/C18H19N3O2/c1-18(2)11-21(18)17(23)13-4-3-5-15(10-13)20-14-8-6-12(7-9-14)16(19)22/h3-10,20H,11H2,1-2H3,(H2,19,22). The Morgan fingerprint density at radius 1 is 1.04 bits per heavy atom. The summed E-state index contributed by atoms with van der Waals surface area (Å²) in [6.45, 7) is 4.89. The largest absolute Gasteiger partial charge is 0.366 e. The fraction of sp³-hybridized carbons (Fsp3) is 0.222. The van der Waals surface area contributed by atoms with Crippen molar-refractivity contribution in [2.75, 3.05) is 11.9 Å². The minimum absolute atomic E-state index is 0.0366. The van der Waals surface area contributed by atoms with E-state index < -0.39 is 5.91 Å². The number of nitrogens with zero attached hydrogens (tertiary/aromatic N) is 1. The Hall–Kier alpha value is -2.82. The molecule has 2 aromatic carbocycles. The van der Waals surface area contributed by atoms with Gasteiger partial charge in [-0.25, -0.2) is 0 Å². The first-order valence-electron chi connectivity index (χ1n) is 7.46. The fourth-order valence-corrected chi connectivity index (χ4v) is 2.47. The molecule has 1 heterocycles. The molecule has 5 heteroatoms. The summed E-state index contributed by atoms with van der Waals surface area (Å²) >= 11 is 0. The number of anilines is 2. The van der Waals surface area contributed by atoms with Crippen molar-refractivity contribution in [1.82, 2.24) is 4.90 Å². The van der Waals surface area contributed by atoms with E-state index in [-0.39, 0.29) is 11.4 Å². The second-order valence-corrected chi connectivity index (χ2v) is 6.35. The number of nitrogens with two attached hydrogens (primary N) is 1. The lowest BCUT2D eigenvalue weighted by atomic mass is 10.1. The lowest BCUT2D eigenvalue weighted by molar-refractivity contribution is 0.0860. The normalized spacial score (nSPS) is 15.1. The van der Waals surface area contributed by atoms with Crippen LogP contribution in [-0.2, 0) is 0 Å². The molecule has 0 radical (unpaired) electrons. The van der Waals surface area contributed by atoms with Crippen molar-refractivity contribution in [1.29, 1.82) is 0 Å². The molecule has 0 spiro atoms. The first-order valence-corrected chi connectivity index (χ1v) is 7.46. The number of amides is 2. The van der Waals surface area contributed by atoms with Crippen molar-refractivity contribution in [2.45, 2.75) is 19.4 Å². The maximum Gasteiger partial charge on any atom is 0.254 e. The molecule has 1 aliphatic rings. The van der Waals surface area contributed by atoms with Crippen LogP contribution < -0.4 is 11.1 Å². The number of nitrogens with one attached hydrogen (secondary N) is 1. The quantitative estimate of drug-likeness (QED) is 0.853. The van der Waals surface area contributed by atoms with E-state index in [1.807, 2.05) is 43.0 Å². The second-order valence-electron chi connectivity index (χ2n) is 6.35. The summed E-state index contributed by atoms with van der Waals surface area (Å²) < 4.78 is 0. The number of hydrogen-bond donors (Lipinski definition) is 2. The molecule has 5 nitrogen and oxygen atoms in total. The van der Waals surface area contributed by atoms with Crippen LogP contribution >= 0.6 is 0 Å². The van der Waals surface area contributed by atoms with Gasteiger partial charge in [0.15, 0.2) is 0 Å². The average molecular weight is 309 g/mol. The van der Waals surface area contributed by atoms with E-state index in [2.05, 4.69) is 5.32 Å². The molecule has 0 unspecified atom stereocenters. The predicted octanol–water partition coefficient (Wildman–Crippen LogP) is 2.76. The number of hydrogen-bond acceptors (Lipinski definition) is 3. The first kappa shape index (κ1) is 15.1. The molecule has 1 fully saturated rings. The molecule has 1 saturated heterocycles. The highest BCUT2D eigenvalue weighted by atomic mass is 16.2. The third kappa shape index (κ3) is 3.18. The van der Waals surface area contributed by atoms with Crippen molar-refractivity contribution in [3.8, 4) is 0 Å². The zero-order valence-corrected chi connectivity index (χ0v) is 13.2. The van der Waals surface area contributed by atoms with Gasteiger partial charge < -0.3 is 16.0 Å². The molecule has 1 aliphatic heterocycles. The van der Waals surface area contributed by atoms with Crippen LogP contribution in [0.5, 0.6) is 0 Å². The lowest BCUT2D eigenvalue weighted by Gasteiger charge is -2.10. The van der Waals surface area contributed by atoms with Crippen molar-refractivity contribution < 1.29 is 9.59 Å². The van der Waals surface area contributed by atoms with Gasteiger partial charge in [-0.1, -0.05) is 6.07 Å². The minimum Gasteiger partial charge on any atom is -0.366 e. The molecule has 2 aromatic rings. The Balaban J connectivity index is 1.75. The summed E-state index contributed by atoms with van der Waals surface area (Å²) in [7, 11) is 0. The van der Waals surface area contributed by atoms with Gasteiger partial charge in [-0.15, -0.1) is 0 Å². The van der Waals surface area contributed by atoms with Gasteiger partial charge in [0.25, 0.3) is 5.91 Å². The summed E-state index contributed by atoms with van der Waals surface area (Å²) in [5, 5.41) is 3.22. The fourth-order valence-electron chi connectivity index (χ4n) is 2.47. The van der Waals surface area contributed by atoms with E-state index in [1.165, 1.54) is 0 Å². The van der Waals surface area contributed by atoms with Crippen LogP contribution in [0, 0.1) is 0 Å². The van der Waals surface area contributed by atoms with Crippen molar-refractivity contribution in [2.24, 2.45) is 5.73 Å².